The summed E-state index contributed by atoms with van der Waals surface area (Å²) < 4.78 is 7.07. The molecule has 0 amide bonds. The first-order valence-electron chi connectivity index (χ1n) is 8.37. The van der Waals surface area contributed by atoms with E-state index in [0.29, 0.717) is 22.1 Å². The molecule has 1 fully saturated rings. The molecular weight excluding hydrogens is 370 g/mol. The number of hydrogen-bond acceptors (Lipinski definition) is 9. The molecule has 0 saturated carbocycles. The molecule has 5 N–H and O–H groups in total. The molecule has 1 unspecified atom stereocenters. The monoisotopic (exact) mass is 389 g/mol. The summed E-state index contributed by atoms with van der Waals surface area (Å²) >= 11 is 1.43. The van der Waals surface area contributed by atoms with Gasteiger partial charge in [-0.1, -0.05) is 42.1 Å². The van der Waals surface area contributed by atoms with Crippen molar-refractivity contribution in [3.63, 3.8) is 0 Å². The number of hydrogen-bond donors (Lipinski definition) is 4. The van der Waals surface area contributed by atoms with Crippen LogP contribution in [0.1, 0.15) is 11.8 Å². The van der Waals surface area contributed by atoms with E-state index in [4.69, 9.17) is 10.5 Å². The summed E-state index contributed by atoms with van der Waals surface area (Å²) in [5.74, 6) is 0.898. The average Bonchev–Trinajstić information content (AvgIpc) is 3.23. The van der Waals surface area contributed by atoms with Crippen LogP contribution in [0.2, 0.25) is 0 Å². The standard InChI is InChI=1S/C17H19N5O4S/c18-14-11-15(21-17(20-14)27-7-9-4-2-1-3-5-9)22(8-19-11)16-13(25)12(24)10(6-23)26-16/h1-5,8,10,12-13,16,23-25H,6-7H2,(H2,18,20,21)/t10-,12-,13-,16?/m1/s1. The third kappa shape index (κ3) is 3.37. The minimum Gasteiger partial charge on any atom is -0.394 e. The number of aliphatic hydroxyl groups excluding tert-OH is 3. The summed E-state index contributed by atoms with van der Waals surface area (Å²) in [5.41, 5.74) is 7.93. The van der Waals surface area contributed by atoms with E-state index in [-0.39, 0.29) is 5.82 Å². The molecule has 0 aliphatic carbocycles. The van der Waals surface area contributed by atoms with Crippen molar-refractivity contribution in [3.05, 3.63) is 42.2 Å². The quantitative estimate of drug-likeness (QED) is 0.358. The van der Waals surface area contributed by atoms with Crippen LogP contribution in [-0.4, -0.2) is 59.8 Å². The maximum absolute atomic E-state index is 10.3. The molecule has 3 aromatic rings. The number of benzene rings is 1. The molecule has 2 aromatic heterocycles. The molecule has 4 atom stereocenters. The second-order valence-electron chi connectivity index (χ2n) is 6.22. The highest BCUT2D eigenvalue weighted by atomic mass is 32.2. The van der Waals surface area contributed by atoms with E-state index in [1.54, 1.807) is 0 Å². The first-order chi connectivity index (χ1) is 13.1. The maximum Gasteiger partial charge on any atom is 0.191 e. The van der Waals surface area contributed by atoms with Crippen LogP contribution in [0.4, 0.5) is 5.82 Å². The van der Waals surface area contributed by atoms with Gasteiger partial charge < -0.3 is 25.8 Å². The first-order valence-corrected chi connectivity index (χ1v) is 9.36. The molecule has 3 heterocycles. The smallest absolute Gasteiger partial charge is 0.191 e. The molecule has 1 aliphatic rings. The highest BCUT2D eigenvalue weighted by molar-refractivity contribution is 7.98. The molecule has 1 saturated heterocycles. The fourth-order valence-corrected chi connectivity index (χ4v) is 3.80. The second-order valence-corrected chi connectivity index (χ2v) is 7.16. The van der Waals surface area contributed by atoms with E-state index in [1.165, 1.54) is 22.7 Å². The number of nitrogen functional groups attached to an aromatic ring is 1. The number of aliphatic hydroxyl groups is 3. The second kappa shape index (κ2) is 7.41. The van der Waals surface area contributed by atoms with Crippen molar-refractivity contribution in [1.82, 2.24) is 19.5 Å². The lowest BCUT2D eigenvalue weighted by Gasteiger charge is -2.16. The van der Waals surface area contributed by atoms with E-state index in [9.17, 15) is 15.3 Å². The lowest BCUT2D eigenvalue weighted by atomic mass is 10.1. The Labute approximate surface area is 158 Å². The first kappa shape index (κ1) is 18.1. The normalized spacial score (nSPS) is 25.3. The van der Waals surface area contributed by atoms with Gasteiger partial charge in [-0.3, -0.25) is 4.57 Å². The molecule has 27 heavy (non-hydrogen) atoms. The number of thioether (sulfide) groups is 1. The van der Waals surface area contributed by atoms with E-state index in [1.807, 2.05) is 30.3 Å². The number of nitrogens with zero attached hydrogens (tertiary/aromatic N) is 4. The van der Waals surface area contributed by atoms with Crippen LogP contribution in [0.5, 0.6) is 0 Å². The molecule has 0 spiro atoms. The zero-order valence-electron chi connectivity index (χ0n) is 14.2. The summed E-state index contributed by atoms with van der Waals surface area (Å²) in [7, 11) is 0. The van der Waals surface area contributed by atoms with Crippen molar-refractivity contribution in [3.8, 4) is 0 Å². The highest BCUT2D eigenvalue weighted by Crippen LogP contribution is 2.32. The molecule has 142 valence electrons. The van der Waals surface area contributed by atoms with Gasteiger partial charge in [0.1, 0.15) is 23.8 Å². The Morgan fingerprint density at radius 1 is 1.15 bits per heavy atom. The van der Waals surface area contributed by atoms with Gasteiger partial charge in [-0.2, -0.15) is 0 Å². The third-order valence-corrected chi connectivity index (χ3v) is 5.35. The van der Waals surface area contributed by atoms with Gasteiger partial charge >= 0.3 is 0 Å². The molecular formula is C17H19N5O4S. The summed E-state index contributed by atoms with van der Waals surface area (Å²) in [4.78, 5) is 13.0. The van der Waals surface area contributed by atoms with Crippen molar-refractivity contribution in [1.29, 1.82) is 0 Å². The third-order valence-electron chi connectivity index (χ3n) is 4.43. The van der Waals surface area contributed by atoms with Crippen molar-refractivity contribution < 1.29 is 20.1 Å². The van der Waals surface area contributed by atoms with Crippen LogP contribution < -0.4 is 5.73 Å². The predicted molar refractivity (Wildman–Crippen MR) is 98.7 cm³/mol. The Morgan fingerprint density at radius 3 is 2.63 bits per heavy atom. The zero-order chi connectivity index (χ0) is 19.0. The van der Waals surface area contributed by atoms with Crippen molar-refractivity contribution >= 4 is 28.7 Å². The van der Waals surface area contributed by atoms with Gasteiger partial charge in [0.05, 0.1) is 12.9 Å². The number of fused-ring (bicyclic) bond motifs is 1. The van der Waals surface area contributed by atoms with Gasteiger partial charge in [-0.25, -0.2) is 15.0 Å². The Hall–Kier alpha value is -2.24. The number of imidazole rings is 1. The largest absolute Gasteiger partial charge is 0.394 e. The number of rotatable bonds is 5. The molecule has 1 aliphatic heterocycles. The van der Waals surface area contributed by atoms with Crippen LogP contribution in [0.25, 0.3) is 11.2 Å². The number of ether oxygens (including phenoxy) is 1. The minimum atomic E-state index is -1.23. The van der Waals surface area contributed by atoms with Crippen LogP contribution in [-0.2, 0) is 10.5 Å². The summed E-state index contributed by atoms with van der Waals surface area (Å²) in [5, 5.41) is 30.0. The van der Waals surface area contributed by atoms with Crippen molar-refractivity contribution in [2.24, 2.45) is 0 Å². The van der Waals surface area contributed by atoms with E-state index in [0.717, 1.165) is 5.56 Å². The molecule has 1 aromatic carbocycles. The lowest BCUT2D eigenvalue weighted by Crippen LogP contribution is -2.33. The van der Waals surface area contributed by atoms with Gasteiger partial charge in [0.2, 0.25) is 0 Å². The van der Waals surface area contributed by atoms with Crippen molar-refractivity contribution in [2.45, 2.75) is 35.4 Å². The molecule has 10 heteroatoms. The summed E-state index contributed by atoms with van der Waals surface area (Å²) in [6.07, 6.45) is -2.81. The predicted octanol–water partition coefficient (Wildman–Crippen LogP) is 0.312. The Morgan fingerprint density at radius 2 is 1.93 bits per heavy atom. The SMILES string of the molecule is Nc1nc(SCc2ccccc2)nc2c1ncn2C1O[C@H](CO)[C@@H](O)[C@H]1O. The lowest BCUT2D eigenvalue weighted by molar-refractivity contribution is -0.0511. The molecule has 0 radical (unpaired) electrons. The number of nitrogens with two attached hydrogens (primary N) is 1. The van der Waals surface area contributed by atoms with Gasteiger partial charge in [0.25, 0.3) is 0 Å². The Bertz CT molecular complexity index is 938. The highest BCUT2D eigenvalue weighted by Gasteiger charge is 2.44. The minimum absolute atomic E-state index is 0.223. The topological polar surface area (TPSA) is 140 Å². The molecule has 9 nitrogen and oxygen atoms in total. The van der Waals surface area contributed by atoms with E-state index >= 15 is 0 Å². The Kier molecular flexibility index (Phi) is 4.98. The van der Waals surface area contributed by atoms with Gasteiger partial charge in [0.15, 0.2) is 22.8 Å². The fraction of sp³-hybridized carbons (Fsp3) is 0.353. The average molecular weight is 389 g/mol. The van der Waals surface area contributed by atoms with Gasteiger partial charge in [0, 0.05) is 5.75 Å². The zero-order valence-corrected chi connectivity index (χ0v) is 15.0. The van der Waals surface area contributed by atoms with Gasteiger partial charge in [-0.15, -0.1) is 0 Å². The van der Waals surface area contributed by atoms with Gasteiger partial charge in [-0.05, 0) is 5.56 Å². The van der Waals surface area contributed by atoms with Crippen LogP contribution in [0, 0.1) is 0 Å². The summed E-state index contributed by atoms with van der Waals surface area (Å²) in [6, 6.07) is 9.90. The van der Waals surface area contributed by atoms with E-state index < -0.39 is 31.1 Å². The maximum atomic E-state index is 10.3. The fourth-order valence-electron chi connectivity index (χ4n) is 3.00. The Balaban J connectivity index is 1.64. The van der Waals surface area contributed by atoms with Crippen LogP contribution in [0.15, 0.2) is 41.8 Å². The van der Waals surface area contributed by atoms with Crippen LogP contribution in [0.3, 0.4) is 0 Å². The van der Waals surface area contributed by atoms with E-state index in [2.05, 4.69) is 15.0 Å². The molecule has 0 bridgehead atoms. The number of aromatic nitrogens is 4. The molecule has 4 rings (SSSR count). The summed E-state index contributed by atoms with van der Waals surface area (Å²) in [6.45, 7) is -0.406. The van der Waals surface area contributed by atoms with Crippen LogP contribution >= 0.6 is 11.8 Å². The number of anilines is 1. The van der Waals surface area contributed by atoms with Crippen molar-refractivity contribution in [2.75, 3.05) is 12.3 Å².